The van der Waals surface area contributed by atoms with Crippen LogP contribution in [0.1, 0.15) is 0 Å². The van der Waals surface area contributed by atoms with Gasteiger partial charge in [0.15, 0.2) is 23.8 Å². The smallest absolute Gasteiger partial charge is 0.200 e. The van der Waals surface area contributed by atoms with Crippen LogP contribution in [0.5, 0.6) is 0 Å². The Balaban J connectivity index is 4.37. The van der Waals surface area contributed by atoms with Crippen LogP contribution in [0.15, 0.2) is 20.0 Å². The number of rotatable bonds is 3. The molecule has 0 heterocycles. The number of guanidine groups is 4. The van der Waals surface area contributed by atoms with Gasteiger partial charge in [0.25, 0.3) is 0 Å². The second-order valence-electron chi connectivity index (χ2n) is 4.04. The van der Waals surface area contributed by atoms with E-state index in [1.54, 1.807) is 47.2 Å². The normalized spacial score (nSPS) is 13.7. The van der Waals surface area contributed by atoms with E-state index in [1.165, 1.54) is 0 Å². The zero-order valence-corrected chi connectivity index (χ0v) is 14.2. The summed E-state index contributed by atoms with van der Waals surface area (Å²) in [7, 11) is 10.4. The highest BCUT2D eigenvalue weighted by Gasteiger charge is 2.07. The molecule has 0 atom stereocenters. The van der Waals surface area contributed by atoms with Crippen molar-refractivity contribution in [2.45, 2.75) is 0 Å². The van der Waals surface area contributed by atoms with Crippen molar-refractivity contribution in [1.29, 1.82) is 0 Å². The molecule has 0 saturated carbocycles. The quantitative estimate of drug-likeness (QED) is 0.229. The van der Waals surface area contributed by atoms with Crippen LogP contribution in [0.3, 0.4) is 0 Å². The minimum atomic E-state index is 0.380. The molecule has 0 aliphatic carbocycles. The van der Waals surface area contributed by atoms with Gasteiger partial charge in [-0.25, -0.2) is 0 Å². The zero-order valence-electron chi connectivity index (χ0n) is 14.2. The molecule has 0 aliphatic heterocycles. The average Bonchev–Trinajstić information content (AvgIpc) is 2.55. The van der Waals surface area contributed by atoms with E-state index in [4.69, 9.17) is 5.73 Å². The van der Waals surface area contributed by atoms with E-state index < -0.39 is 0 Å². The fraction of sp³-hybridized carbons (Fsp3) is 0.667. The lowest BCUT2D eigenvalue weighted by atomic mass is 10.6. The Morgan fingerprint density at radius 3 is 2.09 bits per heavy atom. The van der Waals surface area contributed by atoms with E-state index in [-0.39, 0.29) is 0 Å². The van der Waals surface area contributed by atoms with Gasteiger partial charge in [-0.15, -0.1) is 0 Å². The summed E-state index contributed by atoms with van der Waals surface area (Å²) in [6, 6.07) is 0. The van der Waals surface area contributed by atoms with Crippen molar-refractivity contribution in [2.24, 2.45) is 25.7 Å². The third kappa shape index (κ3) is 6.77. The highest BCUT2D eigenvalue weighted by atomic mass is 15.3. The van der Waals surface area contributed by atoms with Gasteiger partial charge >= 0.3 is 0 Å². The van der Waals surface area contributed by atoms with Gasteiger partial charge in [-0.3, -0.25) is 30.2 Å². The van der Waals surface area contributed by atoms with Gasteiger partial charge < -0.3 is 21.7 Å². The summed E-state index contributed by atoms with van der Waals surface area (Å²) in [5.74, 6) is 2.24. The van der Waals surface area contributed by atoms with E-state index in [9.17, 15) is 0 Å². The summed E-state index contributed by atoms with van der Waals surface area (Å²) in [5.41, 5.74) is 5.89. The van der Waals surface area contributed by atoms with Crippen LogP contribution >= 0.6 is 0 Å². The summed E-state index contributed by atoms with van der Waals surface area (Å²) in [6.45, 7) is 1.07. The maximum absolute atomic E-state index is 5.89. The molecule has 6 N–H and O–H groups in total. The minimum absolute atomic E-state index is 0.380. The van der Waals surface area contributed by atoms with Crippen molar-refractivity contribution in [1.82, 2.24) is 26.2 Å². The van der Waals surface area contributed by atoms with Gasteiger partial charge in [-0.05, 0) is 0 Å². The number of nitrogens with two attached hydrogens (primary N) is 1. The first-order valence-electron chi connectivity index (χ1n) is 6.84. The fourth-order valence-corrected chi connectivity index (χ4v) is 1.51. The summed E-state index contributed by atoms with van der Waals surface area (Å²) in [4.78, 5) is 18.1. The highest BCUT2D eigenvalue weighted by molar-refractivity contribution is 5.98. The van der Waals surface area contributed by atoms with Crippen molar-refractivity contribution < 1.29 is 0 Å². The van der Waals surface area contributed by atoms with Gasteiger partial charge in [0.1, 0.15) is 0 Å². The maximum Gasteiger partial charge on any atom is 0.200 e. The largest absolute Gasteiger partial charge is 0.369 e. The van der Waals surface area contributed by atoms with Crippen molar-refractivity contribution in [3.05, 3.63) is 0 Å². The van der Waals surface area contributed by atoms with Crippen LogP contribution in [0, 0.1) is 0 Å². The summed E-state index contributed by atoms with van der Waals surface area (Å²) in [6.07, 6.45) is 0. The van der Waals surface area contributed by atoms with Crippen LogP contribution < -0.4 is 27.0 Å². The van der Waals surface area contributed by atoms with Gasteiger partial charge in [-0.2, -0.15) is 0 Å². The zero-order chi connectivity index (χ0) is 17.0. The van der Waals surface area contributed by atoms with Crippen LogP contribution in [0.25, 0.3) is 0 Å². The molecule has 0 aromatic heterocycles. The summed E-state index contributed by atoms with van der Waals surface area (Å²) in [5, 5.41) is 12.0. The van der Waals surface area contributed by atoms with Crippen LogP contribution in [0.4, 0.5) is 0 Å². The Hall–Kier alpha value is -2.52. The molecule has 0 unspecified atom stereocenters. The number of aliphatic imine (C=N–C) groups is 4. The second kappa shape index (κ2) is 11.2. The molecule has 0 aliphatic rings. The predicted octanol–water partition coefficient (Wildman–Crippen LogP) is -2.19. The molecule has 10 nitrogen and oxygen atoms in total. The van der Waals surface area contributed by atoms with Crippen molar-refractivity contribution in [3.8, 4) is 0 Å². The topological polar surface area (TPSA) is 127 Å². The first-order chi connectivity index (χ1) is 10.5. The Morgan fingerprint density at radius 2 is 1.64 bits per heavy atom. The lowest BCUT2D eigenvalue weighted by molar-refractivity contribution is 0.692. The molecule has 0 saturated heterocycles. The fourth-order valence-electron chi connectivity index (χ4n) is 1.51. The van der Waals surface area contributed by atoms with Crippen LogP contribution in [0.2, 0.25) is 0 Å². The molecular formula is C12H28N10. The predicted molar refractivity (Wildman–Crippen MR) is 93.6 cm³/mol. The minimum Gasteiger partial charge on any atom is -0.369 e. The van der Waals surface area contributed by atoms with Crippen LogP contribution in [-0.4, -0.2) is 84.1 Å². The van der Waals surface area contributed by atoms with E-state index in [2.05, 4.69) is 41.2 Å². The van der Waals surface area contributed by atoms with E-state index in [0.29, 0.717) is 36.9 Å². The molecular weight excluding hydrogens is 284 g/mol. The number of hydrogen-bond acceptors (Lipinski definition) is 4. The summed E-state index contributed by atoms with van der Waals surface area (Å²) >= 11 is 0. The Bertz CT molecular complexity index is 437. The Morgan fingerprint density at radius 1 is 1.00 bits per heavy atom. The maximum atomic E-state index is 5.89. The molecule has 10 heteroatoms. The van der Waals surface area contributed by atoms with Gasteiger partial charge in [0.05, 0.1) is 6.54 Å². The molecule has 22 heavy (non-hydrogen) atoms. The molecule has 0 aromatic carbocycles. The van der Waals surface area contributed by atoms with E-state index >= 15 is 0 Å². The van der Waals surface area contributed by atoms with E-state index in [0.717, 1.165) is 0 Å². The molecule has 126 valence electrons. The van der Waals surface area contributed by atoms with E-state index in [1.807, 2.05) is 0 Å². The standard InChI is InChI=1S/C12H28N10/c1-14-10(15-2)21-11(16-3)20-8-7-19-9(13)22(6)12(17-4)18-5/h7-8H2,1-6H3,(H2,13,19)(H,17,18)(H3,14,15,16,20,21). The lowest BCUT2D eigenvalue weighted by Gasteiger charge is -2.19. The molecule has 0 bridgehead atoms. The third-order valence-corrected chi connectivity index (χ3v) is 2.70. The highest BCUT2D eigenvalue weighted by Crippen LogP contribution is 1.84. The van der Waals surface area contributed by atoms with Gasteiger partial charge in [0, 0.05) is 48.8 Å². The lowest BCUT2D eigenvalue weighted by Crippen LogP contribution is -2.47. The molecule has 0 fully saturated rings. The van der Waals surface area contributed by atoms with Crippen molar-refractivity contribution >= 4 is 23.8 Å². The first kappa shape index (κ1) is 19.5. The third-order valence-electron chi connectivity index (χ3n) is 2.70. The molecule has 0 aromatic rings. The second-order valence-corrected chi connectivity index (χ2v) is 4.04. The molecule has 0 rings (SSSR count). The SMILES string of the molecule is CN=C(NC)NC(=NC)NCCN=C(N)N(C)C(=NC)NC. The van der Waals surface area contributed by atoms with Crippen molar-refractivity contribution in [2.75, 3.05) is 55.4 Å². The monoisotopic (exact) mass is 312 g/mol. The first-order valence-corrected chi connectivity index (χ1v) is 6.84. The number of nitrogens with one attached hydrogen (secondary N) is 4. The molecule has 0 amide bonds. The molecule has 0 radical (unpaired) electrons. The average molecular weight is 312 g/mol. The number of nitrogens with zero attached hydrogens (tertiary/aromatic N) is 5. The Kier molecular flexibility index (Phi) is 9.89. The van der Waals surface area contributed by atoms with Gasteiger partial charge in [-0.1, -0.05) is 0 Å². The van der Waals surface area contributed by atoms with Crippen LogP contribution in [-0.2, 0) is 0 Å². The Labute approximate surface area is 132 Å². The van der Waals surface area contributed by atoms with Gasteiger partial charge in [0.2, 0.25) is 0 Å². The molecule has 0 spiro atoms. The van der Waals surface area contributed by atoms with Crippen molar-refractivity contribution in [3.63, 3.8) is 0 Å². The summed E-state index contributed by atoms with van der Waals surface area (Å²) < 4.78 is 0. The number of hydrogen-bond donors (Lipinski definition) is 5.